The van der Waals surface area contributed by atoms with Crippen LogP contribution in [-0.2, 0) is 11.2 Å². The van der Waals surface area contributed by atoms with Gasteiger partial charge in [-0.2, -0.15) is 0 Å². The summed E-state index contributed by atoms with van der Waals surface area (Å²) in [5, 5.41) is 2.65. The molecular formula is C16H26N4O3. The van der Waals surface area contributed by atoms with Gasteiger partial charge in [-0.25, -0.2) is 4.79 Å². The Morgan fingerprint density at radius 2 is 1.91 bits per heavy atom. The van der Waals surface area contributed by atoms with Crippen LogP contribution in [0.15, 0.2) is 24.3 Å². The molecule has 1 rings (SSSR count). The largest absolute Gasteiger partial charge is 0.492 e. The van der Waals surface area contributed by atoms with Gasteiger partial charge in [-0.1, -0.05) is 12.1 Å². The first-order valence-corrected chi connectivity index (χ1v) is 7.72. The van der Waals surface area contributed by atoms with Crippen LogP contribution in [0.4, 0.5) is 4.79 Å². The van der Waals surface area contributed by atoms with Crippen molar-refractivity contribution < 1.29 is 14.3 Å². The number of nitrogens with zero attached hydrogens (tertiary/aromatic N) is 1. The van der Waals surface area contributed by atoms with Crippen molar-refractivity contribution >= 4 is 11.9 Å². The van der Waals surface area contributed by atoms with Crippen LogP contribution in [0.2, 0.25) is 0 Å². The zero-order chi connectivity index (χ0) is 17.1. The van der Waals surface area contributed by atoms with E-state index < -0.39 is 5.91 Å². The maximum absolute atomic E-state index is 11.6. The Balaban J connectivity index is 2.22. The molecule has 0 heterocycles. The van der Waals surface area contributed by atoms with E-state index in [1.165, 1.54) is 17.5 Å². The van der Waals surface area contributed by atoms with Crippen molar-refractivity contribution in [2.75, 3.05) is 33.3 Å². The lowest BCUT2D eigenvalue weighted by Gasteiger charge is -2.16. The van der Waals surface area contributed by atoms with E-state index in [0.29, 0.717) is 13.2 Å². The second kappa shape index (κ2) is 10.4. The molecule has 7 nitrogen and oxygen atoms in total. The molecule has 0 saturated heterocycles. The fourth-order valence-electron chi connectivity index (χ4n) is 1.99. The van der Waals surface area contributed by atoms with E-state index in [1.807, 2.05) is 24.3 Å². The lowest BCUT2D eigenvalue weighted by Crippen LogP contribution is -2.43. The maximum atomic E-state index is 11.6. The second-order valence-electron chi connectivity index (χ2n) is 5.29. The van der Waals surface area contributed by atoms with Crippen LogP contribution in [0.25, 0.3) is 0 Å². The third-order valence-electron chi connectivity index (χ3n) is 3.23. The SMILES string of the molecule is CN(CC(N)=O)C(=O)NCCOc1ccc(CCCCN)cc1. The number of hydrogen-bond donors (Lipinski definition) is 3. The Morgan fingerprint density at radius 1 is 1.22 bits per heavy atom. The topological polar surface area (TPSA) is 111 Å². The Morgan fingerprint density at radius 3 is 2.52 bits per heavy atom. The molecule has 0 atom stereocenters. The highest BCUT2D eigenvalue weighted by Crippen LogP contribution is 2.13. The third kappa shape index (κ3) is 8.06. The average molecular weight is 322 g/mol. The number of carbonyl (C=O) groups excluding carboxylic acids is 2. The van der Waals surface area contributed by atoms with Crippen LogP contribution in [-0.4, -0.2) is 50.1 Å². The molecule has 0 fully saturated rings. The van der Waals surface area contributed by atoms with Crippen molar-refractivity contribution in [3.05, 3.63) is 29.8 Å². The number of amides is 3. The van der Waals surface area contributed by atoms with Crippen LogP contribution in [0.5, 0.6) is 5.75 Å². The molecule has 23 heavy (non-hydrogen) atoms. The van der Waals surface area contributed by atoms with Gasteiger partial charge in [0, 0.05) is 7.05 Å². The van der Waals surface area contributed by atoms with Crippen LogP contribution in [0, 0.1) is 0 Å². The molecule has 0 spiro atoms. The fourth-order valence-corrected chi connectivity index (χ4v) is 1.99. The van der Waals surface area contributed by atoms with Gasteiger partial charge in [-0.15, -0.1) is 0 Å². The van der Waals surface area contributed by atoms with Crippen molar-refractivity contribution in [3.63, 3.8) is 0 Å². The molecule has 0 aliphatic rings. The van der Waals surface area contributed by atoms with Crippen molar-refractivity contribution in [1.82, 2.24) is 10.2 Å². The first-order valence-electron chi connectivity index (χ1n) is 7.72. The van der Waals surface area contributed by atoms with E-state index in [1.54, 1.807) is 0 Å². The monoisotopic (exact) mass is 322 g/mol. The molecule has 0 aliphatic carbocycles. The maximum Gasteiger partial charge on any atom is 0.317 e. The number of benzene rings is 1. The molecule has 7 heteroatoms. The van der Waals surface area contributed by atoms with E-state index in [0.717, 1.165) is 31.6 Å². The third-order valence-corrected chi connectivity index (χ3v) is 3.23. The molecule has 5 N–H and O–H groups in total. The van der Waals surface area contributed by atoms with Gasteiger partial charge in [-0.3, -0.25) is 4.79 Å². The molecular weight excluding hydrogens is 296 g/mol. The summed E-state index contributed by atoms with van der Waals surface area (Å²) in [6.45, 7) is 1.31. The van der Waals surface area contributed by atoms with Gasteiger partial charge in [0.15, 0.2) is 0 Å². The number of ether oxygens (including phenoxy) is 1. The summed E-state index contributed by atoms with van der Waals surface area (Å²) in [4.78, 5) is 23.5. The smallest absolute Gasteiger partial charge is 0.317 e. The van der Waals surface area contributed by atoms with Gasteiger partial charge >= 0.3 is 6.03 Å². The number of aryl methyl sites for hydroxylation is 1. The minimum Gasteiger partial charge on any atom is -0.492 e. The predicted octanol–water partition coefficient (Wildman–Crippen LogP) is 0.474. The molecule has 0 aromatic heterocycles. The van der Waals surface area contributed by atoms with Crippen molar-refractivity contribution in [2.45, 2.75) is 19.3 Å². The number of rotatable bonds is 10. The van der Waals surface area contributed by atoms with Gasteiger partial charge < -0.3 is 26.4 Å². The van der Waals surface area contributed by atoms with Crippen molar-refractivity contribution in [3.8, 4) is 5.75 Å². The van der Waals surface area contributed by atoms with E-state index in [9.17, 15) is 9.59 Å². The highest BCUT2D eigenvalue weighted by molar-refractivity contribution is 5.82. The zero-order valence-corrected chi connectivity index (χ0v) is 13.6. The summed E-state index contributed by atoms with van der Waals surface area (Å²) in [5.41, 5.74) is 11.8. The van der Waals surface area contributed by atoms with Gasteiger partial charge in [0.05, 0.1) is 6.54 Å². The Bertz CT molecular complexity index is 491. The molecule has 0 saturated carbocycles. The van der Waals surface area contributed by atoms with Crippen LogP contribution < -0.4 is 21.5 Å². The second-order valence-corrected chi connectivity index (χ2v) is 5.29. The Labute approximate surface area is 137 Å². The molecule has 0 unspecified atom stereocenters. The summed E-state index contributed by atoms with van der Waals surface area (Å²) < 4.78 is 5.55. The summed E-state index contributed by atoms with van der Waals surface area (Å²) in [7, 11) is 1.50. The summed E-state index contributed by atoms with van der Waals surface area (Å²) in [5.74, 6) is 0.206. The number of likely N-dealkylation sites (N-methyl/N-ethyl adjacent to an activating group) is 1. The summed E-state index contributed by atoms with van der Waals surface area (Å²) in [6, 6.07) is 7.54. The lowest BCUT2D eigenvalue weighted by molar-refractivity contribution is -0.118. The van der Waals surface area contributed by atoms with E-state index in [-0.39, 0.29) is 12.6 Å². The number of primary amides is 1. The van der Waals surface area contributed by atoms with Gasteiger partial charge in [-0.05, 0) is 43.5 Å². The lowest BCUT2D eigenvalue weighted by atomic mass is 10.1. The molecule has 1 aromatic rings. The van der Waals surface area contributed by atoms with E-state index >= 15 is 0 Å². The fraction of sp³-hybridized carbons (Fsp3) is 0.500. The number of unbranched alkanes of at least 4 members (excludes halogenated alkanes) is 1. The summed E-state index contributed by atoms with van der Waals surface area (Å²) in [6.07, 6.45) is 3.13. The first-order chi connectivity index (χ1) is 11.0. The van der Waals surface area contributed by atoms with E-state index in [4.69, 9.17) is 16.2 Å². The number of carbonyl (C=O) groups is 2. The molecule has 0 radical (unpaired) electrons. The standard InChI is InChI=1S/C16H26N4O3/c1-20(12-15(18)21)16(22)19-10-11-23-14-7-5-13(6-8-14)4-2-3-9-17/h5-8H,2-4,9-12,17H2,1H3,(H2,18,21)(H,19,22). The van der Waals surface area contributed by atoms with Crippen molar-refractivity contribution in [1.29, 1.82) is 0 Å². The number of nitrogens with two attached hydrogens (primary N) is 2. The highest BCUT2D eigenvalue weighted by atomic mass is 16.5. The quantitative estimate of drug-likeness (QED) is 0.544. The Hall–Kier alpha value is -2.28. The highest BCUT2D eigenvalue weighted by Gasteiger charge is 2.09. The normalized spacial score (nSPS) is 10.2. The minimum atomic E-state index is -0.551. The number of nitrogens with one attached hydrogen (secondary N) is 1. The van der Waals surface area contributed by atoms with Crippen LogP contribution in [0.1, 0.15) is 18.4 Å². The minimum absolute atomic E-state index is 0.113. The van der Waals surface area contributed by atoms with Gasteiger partial charge in [0.2, 0.25) is 5.91 Å². The number of urea groups is 1. The molecule has 0 bridgehead atoms. The molecule has 1 aromatic carbocycles. The summed E-state index contributed by atoms with van der Waals surface area (Å²) >= 11 is 0. The predicted molar refractivity (Wildman–Crippen MR) is 89.2 cm³/mol. The van der Waals surface area contributed by atoms with Gasteiger partial charge in [0.1, 0.15) is 18.9 Å². The average Bonchev–Trinajstić information content (AvgIpc) is 2.52. The van der Waals surface area contributed by atoms with Crippen LogP contribution in [0.3, 0.4) is 0 Å². The first kappa shape index (κ1) is 18.8. The molecule has 0 aliphatic heterocycles. The zero-order valence-electron chi connectivity index (χ0n) is 13.6. The molecule has 3 amide bonds. The van der Waals surface area contributed by atoms with E-state index in [2.05, 4.69) is 5.32 Å². The van der Waals surface area contributed by atoms with Crippen LogP contribution >= 0.6 is 0 Å². The van der Waals surface area contributed by atoms with Gasteiger partial charge in [0.25, 0.3) is 0 Å². The Kier molecular flexibility index (Phi) is 8.52. The number of hydrogen-bond acceptors (Lipinski definition) is 4. The van der Waals surface area contributed by atoms with Crippen molar-refractivity contribution in [2.24, 2.45) is 11.5 Å². The molecule has 128 valence electrons.